The molecule has 0 spiro atoms. The molecule has 146 valence electrons. The van der Waals surface area contributed by atoms with Crippen molar-refractivity contribution in [1.29, 1.82) is 0 Å². The van der Waals surface area contributed by atoms with Crippen molar-refractivity contribution in [2.75, 3.05) is 12.8 Å². The molecule has 0 fully saturated rings. The number of carbonyl (C=O) groups is 1. The Morgan fingerprint density at radius 2 is 1.79 bits per heavy atom. The number of allylic oxidation sites excluding steroid dienone is 5. The summed E-state index contributed by atoms with van der Waals surface area (Å²) >= 11 is 0. The lowest BCUT2D eigenvalue weighted by atomic mass is 9.87. The van der Waals surface area contributed by atoms with E-state index in [4.69, 9.17) is 5.73 Å². The van der Waals surface area contributed by atoms with Gasteiger partial charge >= 0.3 is 5.97 Å². The zero-order valence-electron chi connectivity index (χ0n) is 17.1. The Morgan fingerprint density at radius 1 is 1.07 bits per heavy atom. The minimum atomic E-state index is -1.99. The van der Waals surface area contributed by atoms with Crippen molar-refractivity contribution in [2.45, 2.75) is 20.0 Å². The van der Waals surface area contributed by atoms with Crippen LogP contribution in [0.15, 0.2) is 70.4 Å². The van der Waals surface area contributed by atoms with Crippen LogP contribution >= 0.6 is 0 Å². The van der Waals surface area contributed by atoms with Crippen LogP contribution in [0.25, 0.3) is 5.57 Å². The third kappa shape index (κ3) is 2.98. The molecule has 0 saturated carbocycles. The fraction of sp³-hybridized carbons (Fsp3) is 0.167. The molecule has 4 nitrogen and oxygen atoms in total. The third-order valence-electron chi connectivity index (χ3n) is 5.93. The highest BCUT2D eigenvalue weighted by Crippen LogP contribution is 2.42. The third-order valence-corrected chi connectivity index (χ3v) is 9.45. The van der Waals surface area contributed by atoms with Crippen molar-refractivity contribution in [2.24, 2.45) is 4.99 Å². The van der Waals surface area contributed by atoms with Crippen LogP contribution in [0.4, 0.5) is 5.69 Å². The molecule has 2 aromatic carbocycles. The van der Waals surface area contributed by atoms with Crippen molar-refractivity contribution in [3.05, 3.63) is 87.6 Å². The van der Waals surface area contributed by atoms with Crippen molar-refractivity contribution >= 4 is 36.2 Å². The van der Waals surface area contributed by atoms with Gasteiger partial charge in [0, 0.05) is 12.7 Å². The van der Waals surface area contributed by atoms with Crippen LogP contribution < -0.4 is 10.9 Å². The first-order chi connectivity index (χ1) is 13.7. The van der Waals surface area contributed by atoms with E-state index >= 15 is 0 Å². The first kappa shape index (κ1) is 19.1. The monoisotopic (exact) mass is 400 g/mol. The number of carboxylic acids is 1. The van der Waals surface area contributed by atoms with Crippen molar-refractivity contribution in [3.63, 3.8) is 0 Å². The van der Waals surface area contributed by atoms with Crippen LogP contribution in [-0.2, 0) is 0 Å². The molecule has 0 amide bonds. The quantitative estimate of drug-likeness (QED) is 0.588. The molecule has 0 aromatic heterocycles. The van der Waals surface area contributed by atoms with Gasteiger partial charge in [-0.2, -0.15) is 0 Å². The molecule has 1 heterocycles. The van der Waals surface area contributed by atoms with Gasteiger partial charge < -0.3 is 10.8 Å². The predicted octanol–water partition coefficient (Wildman–Crippen LogP) is 4.11. The summed E-state index contributed by atoms with van der Waals surface area (Å²) < 4.78 is 0. The molecule has 5 heteroatoms. The van der Waals surface area contributed by atoms with E-state index in [1.165, 1.54) is 21.5 Å². The van der Waals surface area contributed by atoms with E-state index in [9.17, 15) is 9.90 Å². The molecule has 1 aliphatic heterocycles. The summed E-state index contributed by atoms with van der Waals surface area (Å²) in [7, 11) is -0.177. The van der Waals surface area contributed by atoms with Crippen LogP contribution in [0.3, 0.4) is 0 Å². The summed E-state index contributed by atoms with van der Waals surface area (Å²) in [5.74, 6) is -0.912. The van der Waals surface area contributed by atoms with Crippen LogP contribution in [0.5, 0.6) is 0 Å². The van der Waals surface area contributed by atoms with Gasteiger partial charge in [0.05, 0.1) is 11.3 Å². The van der Waals surface area contributed by atoms with Gasteiger partial charge in [-0.05, 0) is 81.6 Å². The SMILES string of the molecule is C/N=C1\C=CC2=C(c3ccc(C(=O)O)cc3C)c3ccc(N)cc3[Si](C)(C)C2=C1. The Labute approximate surface area is 171 Å². The number of nitrogens with two attached hydrogens (primary N) is 1. The molecule has 4 rings (SSSR count). The van der Waals surface area contributed by atoms with Crippen molar-refractivity contribution in [3.8, 4) is 0 Å². The maximum Gasteiger partial charge on any atom is 0.335 e. The number of aromatic carboxylic acids is 1. The molecular formula is C24H24N2O2Si. The normalized spacial score (nSPS) is 18.3. The number of hydrogen-bond acceptors (Lipinski definition) is 3. The van der Waals surface area contributed by atoms with Crippen LogP contribution in [0.1, 0.15) is 27.0 Å². The number of hydrogen-bond donors (Lipinski definition) is 2. The second-order valence-electron chi connectivity index (χ2n) is 8.09. The largest absolute Gasteiger partial charge is 0.478 e. The molecule has 0 atom stereocenters. The number of nitrogens with zero attached hydrogens (tertiary/aromatic N) is 1. The summed E-state index contributed by atoms with van der Waals surface area (Å²) in [5.41, 5.74) is 13.7. The molecule has 0 unspecified atom stereocenters. The summed E-state index contributed by atoms with van der Waals surface area (Å²) in [6, 6.07) is 11.5. The van der Waals surface area contributed by atoms with E-state index in [1.807, 2.05) is 32.2 Å². The number of anilines is 1. The van der Waals surface area contributed by atoms with E-state index in [0.717, 1.165) is 28.1 Å². The lowest BCUT2D eigenvalue weighted by Gasteiger charge is -2.38. The molecule has 0 radical (unpaired) electrons. The van der Waals surface area contributed by atoms with E-state index in [0.29, 0.717) is 5.56 Å². The van der Waals surface area contributed by atoms with E-state index in [2.05, 4.69) is 42.4 Å². The molecule has 1 aliphatic carbocycles. The summed E-state index contributed by atoms with van der Waals surface area (Å²) in [5, 5.41) is 12.0. The number of fused-ring (bicyclic) bond motifs is 2. The zero-order valence-corrected chi connectivity index (χ0v) is 18.1. The highest BCUT2D eigenvalue weighted by molar-refractivity contribution is 6.98. The number of aryl methyl sites for hydroxylation is 1. The topological polar surface area (TPSA) is 75.7 Å². The fourth-order valence-electron chi connectivity index (χ4n) is 4.36. The van der Waals surface area contributed by atoms with E-state index in [1.54, 1.807) is 12.1 Å². The van der Waals surface area contributed by atoms with Gasteiger partial charge in [0.15, 0.2) is 0 Å². The van der Waals surface area contributed by atoms with Crippen molar-refractivity contribution < 1.29 is 9.90 Å². The molecule has 0 bridgehead atoms. The molecular weight excluding hydrogens is 376 g/mol. The summed E-state index contributed by atoms with van der Waals surface area (Å²) in [6.07, 6.45) is 6.41. The highest BCUT2D eigenvalue weighted by atomic mass is 28.3. The predicted molar refractivity (Wildman–Crippen MR) is 123 cm³/mol. The fourth-order valence-corrected chi connectivity index (χ4v) is 7.45. The zero-order chi connectivity index (χ0) is 20.9. The molecule has 2 aromatic rings. The lowest BCUT2D eigenvalue weighted by Crippen LogP contribution is -2.49. The smallest absolute Gasteiger partial charge is 0.335 e. The Kier molecular flexibility index (Phi) is 4.43. The summed E-state index contributed by atoms with van der Waals surface area (Å²) in [6.45, 7) is 6.67. The maximum atomic E-state index is 11.4. The van der Waals surface area contributed by atoms with Gasteiger partial charge in [0.1, 0.15) is 8.07 Å². The molecule has 29 heavy (non-hydrogen) atoms. The van der Waals surface area contributed by atoms with Crippen LogP contribution in [0, 0.1) is 6.92 Å². The summed E-state index contributed by atoms with van der Waals surface area (Å²) in [4.78, 5) is 15.8. The second kappa shape index (κ2) is 6.71. The number of nitrogen functional groups attached to an aromatic ring is 1. The standard InChI is InChI=1S/C24H24N2O2Si/c1-14-11-15(24(27)28)5-8-18(14)23-19-9-6-16(25)12-21(19)29(3,4)22-13-17(26-2)7-10-20(22)23/h5-13H,25H2,1-4H3,(H,27,28)/b26-17+. The molecule has 0 saturated heterocycles. The van der Waals surface area contributed by atoms with E-state index in [-0.39, 0.29) is 0 Å². The Bertz CT molecular complexity index is 1180. The molecule has 3 N–H and O–H groups in total. The first-order valence-electron chi connectivity index (χ1n) is 9.60. The Balaban J connectivity index is 2.08. The number of carboxylic acid groups (broad SMARTS) is 1. The van der Waals surface area contributed by atoms with Gasteiger partial charge in [-0.3, -0.25) is 4.99 Å². The van der Waals surface area contributed by atoms with Crippen LogP contribution in [-0.4, -0.2) is 31.9 Å². The van der Waals surface area contributed by atoms with Crippen LogP contribution in [0.2, 0.25) is 13.1 Å². The number of benzene rings is 2. The number of rotatable bonds is 2. The van der Waals surface area contributed by atoms with Gasteiger partial charge in [0.2, 0.25) is 0 Å². The average molecular weight is 401 g/mol. The highest BCUT2D eigenvalue weighted by Gasteiger charge is 2.39. The van der Waals surface area contributed by atoms with Gasteiger partial charge in [0.25, 0.3) is 0 Å². The van der Waals surface area contributed by atoms with E-state index < -0.39 is 14.0 Å². The van der Waals surface area contributed by atoms with Crippen molar-refractivity contribution in [1.82, 2.24) is 0 Å². The Morgan fingerprint density at radius 3 is 2.45 bits per heavy atom. The maximum absolute atomic E-state index is 11.4. The lowest BCUT2D eigenvalue weighted by molar-refractivity contribution is 0.0697. The molecule has 2 aliphatic rings. The number of aliphatic imine (C=N–C) groups is 1. The van der Waals surface area contributed by atoms with Gasteiger partial charge in [-0.25, -0.2) is 4.79 Å². The Hall–Kier alpha value is -3.18. The van der Waals surface area contributed by atoms with Gasteiger partial charge in [-0.15, -0.1) is 0 Å². The first-order valence-corrected chi connectivity index (χ1v) is 12.6. The second-order valence-corrected chi connectivity index (χ2v) is 12.4. The van der Waals surface area contributed by atoms with Gasteiger partial charge in [-0.1, -0.05) is 31.3 Å². The minimum Gasteiger partial charge on any atom is -0.478 e. The average Bonchev–Trinajstić information content (AvgIpc) is 2.69. The minimum absolute atomic E-state index is 0.301.